The second-order valence-corrected chi connectivity index (χ2v) is 7.13. The lowest BCUT2D eigenvalue weighted by Gasteiger charge is -2.49. The quantitative estimate of drug-likeness (QED) is 0.709. The minimum atomic E-state index is -0.293. The molecule has 7 nitrogen and oxygen atoms in total. The van der Waals surface area contributed by atoms with Crippen LogP contribution in [0.1, 0.15) is 16.9 Å². The van der Waals surface area contributed by atoms with Crippen molar-refractivity contribution < 1.29 is 14.3 Å². The minimum Gasteiger partial charge on any atom is -0.492 e. The third-order valence-electron chi connectivity index (χ3n) is 5.53. The second kappa shape index (κ2) is 6.35. The fraction of sp³-hybridized carbons (Fsp3) is 0.350. The molecule has 2 aliphatic rings. The number of fused-ring (bicyclic) bond motifs is 1. The molecule has 0 N–H and O–H groups in total. The van der Waals surface area contributed by atoms with Crippen LogP contribution < -0.4 is 4.74 Å². The van der Waals surface area contributed by atoms with E-state index in [9.17, 15) is 4.79 Å². The molecule has 1 unspecified atom stereocenters. The van der Waals surface area contributed by atoms with Gasteiger partial charge in [-0.3, -0.25) is 14.2 Å². The Kier molecular flexibility index (Phi) is 3.82. The first-order valence-electron chi connectivity index (χ1n) is 9.13. The number of likely N-dealkylation sites (tertiary alicyclic amines) is 1. The van der Waals surface area contributed by atoms with Crippen molar-refractivity contribution in [2.45, 2.75) is 12.0 Å². The van der Waals surface area contributed by atoms with Gasteiger partial charge in [-0.05, 0) is 30.7 Å². The highest BCUT2D eigenvalue weighted by molar-refractivity contribution is 5.94. The maximum atomic E-state index is 12.9. The van der Waals surface area contributed by atoms with Crippen molar-refractivity contribution in [3.05, 3.63) is 60.8 Å². The molecule has 2 saturated heterocycles. The molecule has 0 saturated carbocycles. The summed E-state index contributed by atoms with van der Waals surface area (Å²) < 4.78 is 13.8. The summed E-state index contributed by atoms with van der Waals surface area (Å²) in [6.45, 7) is 2.46. The summed E-state index contributed by atoms with van der Waals surface area (Å²) in [6, 6.07) is 9.45. The van der Waals surface area contributed by atoms with E-state index in [-0.39, 0.29) is 17.4 Å². The van der Waals surface area contributed by atoms with Gasteiger partial charge < -0.3 is 14.4 Å². The minimum absolute atomic E-state index is 0.0123. The highest BCUT2D eigenvalue weighted by Gasteiger charge is 2.55. The molecule has 27 heavy (non-hydrogen) atoms. The van der Waals surface area contributed by atoms with E-state index < -0.39 is 0 Å². The third-order valence-corrected chi connectivity index (χ3v) is 5.53. The summed E-state index contributed by atoms with van der Waals surface area (Å²) in [4.78, 5) is 23.1. The van der Waals surface area contributed by atoms with Gasteiger partial charge in [0.2, 0.25) is 0 Å². The Morgan fingerprint density at radius 3 is 3.04 bits per heavy atom. The number of hydrogen-bond donors (Lipinski definition) is 0. The zero-order valence-electron chi connectivity index (χ0n) is 14.8. The molecule has 2 fully saturated rings. The number of hydrogen-bond acceptors (Lipinski definition) is 5. The Balaban J connectivity index is 1.26. The fourth-order valence-corrected chi connectivity index (χ4v) is 4.00. The van der Waals surface area contributed by atoms with Gasteiger partial charge in [-0.2, -0.15) is 0 Å². The van der Waals surface area contributed by atoms with Crippen molar-refractivity contribution in [3.8, 4) is 5.75 Å². The van der Waals surface area contributed by atoms with Crippen LogP contribution in [0.5, 0.6) is 5.75 Å². The van der Waals surface area contributed by atoms with Gasteiger partial charge in [0.05, 0.1) is 32.1 Å². The molecule has 1 spiro atoms. The van der Waals surface area contributed by atoms with Gasteiger partial charge in [-0.15, -0.1) is 0 Å². The zero-order valence-corrected chi connectivity index (χ0v) is 14.8. The largest absolute Gasteiger partial charge is 0.492 e. The standard InChI is InChI=1S/C20H20N4O3/c25-19(17-11-22-18-5-1-2-8-24(17)18)23-13-20(14-23)15(6-9-27-20)12-26-16-4-3-7-21-10-16/h1-5,7-8,10-11,15H,6,9,12-14H2. The van der Waals surface area contributed by atoms with Crippen LogP contribution in [0.3, 0.4) is 0 Å². The third kappa shape index (κ3) is 2.75. The number of carbonyl (C=O) groups is 1. The van der Waals surface area contributed by atoms with Crippen LogP contribution in [0.4, 0.5) is 0 Å². The predicted molar refractivity (Wildman–Crippen MR) is 97.6 cm³/mol. The van der Waals surface area contributed by atoms with E-state index in [1.54, 1.807) is 18.6 Å². The number of rotatable bonds is 4. The Morgan fingerprint density at radius 2 is 2.19 bits per heavy atom. The van der Waals surface area contributed by atoms with Crippen molar-refractivity contribution in [2.24, 2.45) is 5.92 Å². The molecule has 2 aliphatic heterocycles. The molecule has 0 aromatic carbocycles. The van der Waals surface area contributed by atoms with Crippen molar-refractivity contribution in [2.75, 3.05) is 26.3 Å². The van der Waals surface area contributed by atoms with Gasteiger partial charge >= 0.3 is 0 Å². The smallest absolute Gasteiger partial charge is 0.272 e. The van der Waals surface area contributed by atoms with E-state index in [1.165, 1.54) is 0 Å². The number of carbonyl (C=O) groups excluding carboxylic acids is 1. The van der Waals surface area contributed by atoms with Gasteiger partial charge in [0.25, 0.3) is 5.91 Å². The van der Waals surface area contributed by atoms with E-state index in [1.807, 2.05) is 45.8 Å². The molecule has 1 atom stereocenters. The molecule has 3 aromatic rings. The number of pyridine rings is 2. The summed E-state index contributed by atoms with van der Waals surface area (Å²) in [7, 11) is 0. The molecule has 0 radical (unpaired) electrons. The lowest BCUT2D eigenvalue weighted by Crippen LogP contribution is -2.66. The van der Waals surface area contributed by atoms with E-state index in [0.29, 0.717) is 32.0 Å². The summed E-state index contributed by atoms with van der Waals surface area (Å²) in [5, 5.41) is 0. The van der Waals surface area contributed by atoms with E-state index in [2.05, 4.69) is 9.97 Å². The average molecular weight is 364 g/mol. The van der Waals surface area contributed by atoms with Gasteiger partial charge in [-0.1, -0.05) is 6.07 Å². The number of imidazole rings is 1. The first kappa shape index (κ1) is 16.3. The first-order chi connectivity index (χ1) is 13.3. The number of ether oxygens (including phenoxy) is 2. The van der Waals surface area contributed by atoms with Crippen LogP contribution in [0.25, 0.3) is 5.65 Å². The van der Waals surface area contributed by atoms with Crippen LogP contribution in [-0.2, 0) is 4.74 Å². The van der Waals surface area contributed by atoms with Gasteiger partial charge in [0.15, 0.2) is 0 Å². The summed E-state index contributed by atoms with van der Waals surface area (Å²) in [5.74, 6) is 1.02. The average Bonchev–Trinajstić information content (AvgIpc) is 3.30. The maximum absolute atomic E-state index is 12.9. The first-order valence-corrected chi connectivity index (χ1v) is 9.13. The Bertz CT molecular complexity index is 966. The van der Waals surface area contributed by atoms with Crippen molar-refractivity contribution >= 4 is 11.6 Å². The molecule has 0 bridgehead atoms. The summed E-state index contributed by atoms with van der Waals surface area (Å²) in [5.41, 5.74) is 1.07. The van der Waals surface area contributed by atoms with Gasteiger partial charge in [-0.25, -0.2) is 4.98 Å². The topological polar surface area (TPSA) is 69.0 Å². The molecule has 0 aliphatic carbocycles. The maximum Gasteiger partial charge on any atom is 0.272 e. The zero-order chi connectivity index (χ0) is 18.3. The van der Waals surface area contributed by atoms with Gasteiger partial charge in [0, 0.05) is 24.9 Å². The lowest BCUT2D eigenvalue weighted by atomic mass is 9.81. The summed E-state index contributed by atoms with van der Waals surface area (Å²) >= 11 is 0. The van der Waals surface area contributed by atoms with E-state index in [4.69, 9.17) is 9.47 Å². The van der Waals surface area contributed by atoms with Crippen LogP contribution in [0.15, 0.2) is 55.1 Å². The number of aromatic nitrogens is 3. The van der Waals surface area contributed by atoms with Gasteiger partial charge in [0.1, 0.15) is 22.7 Å². The summed E-state index contributed by atoms with van der Waals surface area (Å²) in [6.07, 6.45) is 7.88. The molecule has 3 aromatic heterocycles. The molecular formula is C20H20N4O3. The Hall–Kier alpha value is -2.93. The number of amides is 1. The highest BCUT2D eigenvalue weighted by atomic mass is 16.5. The van der Waals surface area contributed by atoms with Crippen molar-refractivity contribution in [1.29, 1.82) is 0 Å². The second-order valence-electron chi connectivity index (χ2n) is 7.13. The van der Waals surface area contributed by atoms with E-state index in [0.717, 1.165) is 17.8 Å². The number of nitrogens with zero attached hydrogens (tertiary/aromatic N) is 4. The van der Waals surface area contributed by atoms with Crippen LogP contribution >= 0.6 is 0 Å². The Morgan fingerprint density at radius 1 is 1.26 bits per heavy atom. The highest BCUT2D eigenvalue weighted by Crippen LogP contribution is 2.40. The van der Waals surface area contributed by atoms with Crippen LogP contribution in [0.2, 0.25) is 0 Å². The van der Waals surface area contributed by atoms with Crippen molar-refractivity contribution in [1.82, 2.24) is 19.3 Å². The normalized spacial score (nSPS) is 20.7. The molecule has 5 heterocycles. The molecule has 7 heteroatoms. The molecular weight excluding hydrogens is 344 g/mol. The molecule has 138 valence electrons. The SMILES string of the molecule is O=C(c1cnc2ccccn12)N1CC2(C1)OCCC2COc1cccnc1. The monoisotopic (exact) mass is 364 g/mol. The van der Waals surface area contributed by atoms with Crippen LogP contribution in [-0.4, -0.2) is 57.1 Å². The van der Waals surface area contributed by atoms with E-state index >= 15 is 0 Å². The van der Waals surface area contributed by atoms with Crippen LogP contribution in [0, 0.1) is 5.92 Å². The predicted octanol–water partition coefficient (Wildman–Crippen LogP) is 2.04. The molecule has 1 amide bonds. The fourth-order valence-electron chi connectivity index (χ4n) is 4.00. The lowest BCUT2D eigenvalue weighted by molar-refractivity contribution is -0.122. The Labute approximate surface area is 156 Å². The molecule has 5 rings (SSSR count). The van der Waals surface area contributed by atoms with Crippen molar-refractivity contribution in [3.63, 3.8) is 0 Å².